The zero-order valence-corrected chi connectivity index (χ0v) is 13.1. The number of rotatable bonds is 6. The highest BCUT2D eigenvalue weighted by Crippen LogP contribution is 2.10. The highest BCUT2D eigenvalue weighted by atomic mass is 19.1. The first kappa shape index (κ1) is 16.2. The van der Waals surface area contributed by atoms with Crippen molar-refractivity contribution in [3.63, 3.8) is 0 Å². The van der Waals surface area contributed by atoms with Crippen molar-refractivity contribution in [2.45, 2.75) is 33.0 Å². The van der Waals surface area contributed by atoms with Gasteiger partial charge in [0, 0.05) is 6.54 Å². The molecule has 0 fully saturated rings. The van der Waals surface area contributed by atoms with Gasteiger partial charge in [-0.3, -0.25) is 9.69 Å². The van der Waals surface area contributed by atoms with Gasteiger partial charge in [0.05, 0.1) is 12.6 Å². The van der Waals surface area contributed by atoms with Gasteiger partial charge in [0.2, 0.25) is 5.91 Å². The van der Waals surface area contributed by atoms with E-state index < -0.39 is 0 Å². The maximum absolute atomic E-state index is 12.8. The molecule has 1 aromatic heterocycles. The minimum Gasteiger partial charge on any atom is -0.465 e. The summed E-state index contributed by atoms with van der Waals surface area (Å²) >= 11 is 0. The number of nitrogens with zero attached hydrogens (tertiary/aromatic N) is 1. The number of hydrogen-bond acceptors (Lipinski definition) is 3. The Morgan fingerprint density at radius 1 is 1.27 bits per heavy atom. The van der Waals surface area contributed by atoms with Gasteiger partial charge in [-0.1, -0.05) is 12.1 Å². The Morgan fingerprint density at radius 3 is 2.55 bits per heavy atom. The molecule has 1 N–H and O–H groups in total. The molecule has 0 unspecified atom stereocenters. The lowest BCUT2D eigenvalue weighted by Crippen LogP contribution is -2.42. The van der Waals surface area contributed by atoms with E-state index >= 15 is 0 Å². The summed E-state index contributed by atoms with van der Waals surface area (Å²) in [5.74, 6) is 1.34. The molecule has 0 saturated heterocycles. The number of carbonyl (C=O) groups excluding carboxylic acids is 1. The summed E-state index contributed by atoms with van der Waals surface area (Å²) in [5.41, 5.74) is 0.867. The normalized spacial score (nSPS) is 12.4. The minimum absolute atomic E-state index is 0.0740. The van der Waals surface area contributed by atoms with E-state index in [2.05, 4.69) is 5.32 Å². The lowest BCUT2D eigenvalue weighted by Gasteiger charge is -2.22. The van der Waals surface area contributed by atoms with Gasteiger partial charge < -0.3 is 9.73 Å². The molecule has 0 aliphatic carbocycles. The second kappa shape index (κ2) is 7.22. The van der Waals surface area contributed by atoms with E-state index in [9.17, 15) is 9.18 Å². The highest BCUT2D eigenvalue weighted by Gasteiger charge is 2.18. The molecule has 1 aromatic carbocycles. The van der Waals surface area contributed by atoms with Gasteiger partial charge in [-0.25, -0.2) is 4.39 Å². The second-order valence-corrected chi connectivity index (χ2v) is 5.45. The van der Waals surface area contributed by atoms with Crippen molar-refractivity contribution >= 4 is 5.91 Å². The summed E-state index contributed by atoms with van der Waals surface area (Å²) in [7, 11) is 1.87. The number of furan rings is 1. The topological polar surface area (TPSA) is 45.5 Å². The molecule has 0 spiro atoms. The van der Waals surface area contributed by atoms with Gasteiger partial charge >= 0.3 is 0 Å². The van der Waals surface area contributed by atoms with Gasteiger partial charge in [-0.05, 0) is 50.7 Å². The van der Waals surface area contributed by atoms with Crippen molar-refractivity contribution in [3.05, 3.63) is 59.3 Å². The largest absolute Gasteiger partial charge is 0.465 e. The Hall–Kier alpha value is -2.14. The zero-order valence-electron chi connectivity index (χ0n) is 13.1. The maximum atomic E-state index is 12.8. The van der Waals surface area contributed by atoms with Crippen LogP contribution in [0.3, 0.4) is 0 Å². The van der Waals surface area contributed by atoms with Gasteiger partial charge in [0.1, 0.15) is 17.3 Å². The van der Waals surface area contributed by atoms with E-state index in [1.807, 2.05) is 37.9 Å². The van der Waals surface area contributed by atoms with Gasteiger partial charge in [-0.2, -0.15) is 0 Å². The maximum Gasteiger partial charge on any atom is 0.237 e. The summed E-state index contributed by atoms with van der Waals surface area (Å²) < 4.78 is 18.3. The third-order valence-electron chi connectivity index (χ3n) is 3.62. The molecule has 5 heteroatoms. The zero-order chi connectivity index (χ0) is 16.1. The van der Waals surface area contributed by atoms with Gasteiger partial charge in [0.25, 0.3) is 0 Å². The van der Waals surface area contributed by atoms with Crippen LogP contribution >= 0.6 is 0 Å². The predicted molar refractivity (Wildman–Crippen MR) is 82.6 cm³/mol. The molecule has 0 aliphatic rings. The van der Waals surface area contributed by atoms with Crippen LogP contribution in [-0.2, 0) is 17.9 Å². The molecule has 0 bridgehead atoms. The summed E-state index contributed by atoms with van der Waals surface area (Å²) in [6.45, 7) is 4.69. The van der Waals surface area contributed by atoms with Crippen molar-refractivity contribution in [1.29, 1.82) is 0 Å². The van der Waals surface area contributed by atoms with Crippen LogP contribution in [0.2, 0.25) is 0 Å². The first-order valence-corrected chi connectivity index (χ1v) is 7.23. The number of likely N-dealkylation sites (N-methyl/N-ethyl adjacent to an activating group) is 1. The van der Waals surface area contributed by atoms with Crippen LogP contribution in [0.5, 0.6) is 0 Å². The van der Waals surface area contributed by atoms with Crippen LogP contribution < -0.4 is 5.32 Å². The Kier molecular flexibility index (Phi) is 5.33. The third-order valence-corrected chi connectivity index (χ3v) is 3.62. The summed E-state index contributed by atoms with van der Waals surface area (Å²) in [6.07, 6.45) is 0. The molecule has 1 atom stereocenters. The van der Waals surface area contributed by atoms with E-state index in [1.165, 1.54) is 12.1 Å². The molecule has 0 radical (unpaired) electrons. The van der Waals surface area contributed by atoms with Crippen LogP contribution in [-0.4, -0.2) is 23.9 Å². The van der Waals surface area contributed by atoms with E-state index in [4.69, 9.17) is 4.42 Å². The van der Waals surface area contributed by atoms with Gasteiger partial charge in [-0.15, -0.1) is 0 Å². The number of carbonyl (C=O) groups is 1. The SMILES string of the molecule is Cc1ccc(CN(C)[C@@H](C)C(=O)NCc2ccc(F)cc2)o1. The summed E-state index contributed by atoms with van der Waals surface area (Å²) in [6, 6.07) is 9.63. The Labute approximate surface area is 129 Å². The van der Waals surface area contributed by atoms with E-state index in [-0.39, 0.29) is 17.8 Å². The van der Waals surface area contributed by atoms with E-state index in [0.29, 0.717) is 13.1 Å². The standard InChI is InChI=1S/C17H21FN2O2/c1-12-4-9-16(22-12)11-20(3)13(2)17(21)19-10-14-5-7-15(18)8-6-14/h4-9,13H,10-11H2,1-3H3,(H,19,21)/t13-/m0/s1. The third kappa shape index (κ3) is 4.43. The van der Waals surface area contributed by atoms with E-state index in [0.717, 1.165) is 17.1 Å². The number of aryl methyl sites for hydroxylation is 1. The number of benzene rings is 1. The van der Waals surface area contributed by atoms with Gasteiger partial charge in [0.15, 0.2) is 0 Å². The monoisotopic (exact) mass is 304 g/mol. The van der Waals surface area contributed by atoms with Crippen molar-refractivity contribution in [2.75, 3.05) is 7.05 Å². The average Bonchev–Trinajstić information content (AvgIpc) is 2.90. The predicted octanol–water partition coefficient (Wildman–Crippen LogP) is 2.86. The molecule has 4 nitrogen and oxygen atoms in total. The molecule has 118 valence electrons. The number of halogens is 1. The summed E-state index contributed by atoms with van der Waals surface area (Å²) in [4.78, 5) is 14.1. The Balaban J connectivity index is 1.84. The fraction of sp³-hybridized carbons (Fsp3) is 0.353. The van der Waals surface area contributed by atoms with Crippen LogP contribution in [0, 0.1) is 12.7 Å². The molecular weight excluding hydrogens is 283 g/mol. The molecule has 2 rings (SSSR count). The molecule has 0 saturated carbocycles. The fourth-order valence-corrected chi connectivity index (χ4v) is 2.09. The van der Waals surface area contributed by atoms with E-state index in [1.54, 1.807) is 12.1 Å². The molecule has 22 heavy (non-hydrogen) atoms. The van der Waals surface area contributed by atoms with Crippen molar-refractivity contribution in [1.82, 2.24) is 10.2 Å². The van der Waals surface area contributed by atoms with Crippen molar-refractivity contribution < 1.29 is 13.6 Å². The van der Waals surface area contributed by atoms with Crippen molar-refractivity contribution in [3.8, 4) is 0 Å². The lowest BCUT2D eigenvalue weighted by atomic mass is 10.2. The molecular formula is C17H21FN2O2. The molecule has 1 amide bonds. The van der Waals surface area contributed by atoms with Crippen LogP contribution in [0.25, 0.3) is 0 Å². The molecule has 2 aromatic rings. The van der Waals surface area contributed by atoms with Crippen molar-refractivity contribution in [2.24, 2.45) is 0 Å². The molecule has 1 heterocycles. The molecule has 0 aliphatic heterocycles. The lowest BCUT2D eigenvalue weighted by molar-refractivity contribution is -0.125. The number of amides is 1. The first-order valence-electron chi connectivity index (χ1n) is 7.23. The minimum atomic E-state index is -0.286. The summed E-state index contributed by atoms with van der Waals surface area (Å²) in [5, 5.41) is 2.86. The van der Waals surface area contributed by atoms with Crippen LogP contribution in [0.15, 0.2) is 40.8 Å². The average molecular weight is 304 g/mol. The highest BCUT2D eigenvalue weighted by molar-refractivity contribution is 5.81. The number of nitrogens with one attached hydrogen (secondary N) is 1. The Morgan fingerprint density at radius 2 is 1.95 bits per heavy atom. The number of hydrogen-bond donors (Lipinski definition) is 1. The second-order valence-electron chi connectivity index (χ2n) is 5.45. The fourth-order valence-electron chi connectivity index (χ4n) is 2.09. The van der Waals surface area contributed by atoms with Crippen LogP contribution in [0.4, 0.5) is 4.39 Å². The quantitative estimate of drug-likeness (QED) is 0.892. The smallest absolute Gasteiger partial charge is 0.237 e. The van der Waals surface area contributed by atoms with Crippen LogP contribution in [0.1, 0.15) is 24.0 Å². The first-order chi connectivity index (χ1) is 10.5. The Bertz CT molecular complexity index is 622.